The molecule has 5 rings (SSSR count). The van der Waals surface area contributed by atoms with Gasteiger partial charge < -0.3 is 20.3 Å². The zero-order valence-electron chi connectivity index (χ0n) is 21.3. The van der Waals surface area contributed by atoms with Gasteiger partial charge in [0.2, 0.25) is 0 Å². The highest BCUT2D eigenvalue weighted by Gasteiger charge is 2.42. The predicted octanol–water partition coefficient (Wildman–Crippen LogP) is 5.15. The topological polar surface area (TPSA) is 66.5 Å². The average molecular weight is 535 g/mol. The molecule has 10 heteroatoms. The summed E-state index contributed by atoms with van der Waals surface area (Å²) in [7, 11) is 0. The number of hydrogen-bond donors (Lipinski definition) is 2. The van der Waals surface area contributed by atoms with Gasteiger partial charge in [-0.05, 0) is 62.0 Å². The first-order valence-corrected chi connectivity index (χ1v) is 13.4. The lowest BCUT2D eigenvalue weighted by Gasteiger charge is -2.36. The SMILES string of the molecule is O=C(OCC1CCNCC1)N1CCC(F)(CNC2CC2c2ccc(-c3cccc(C(F)(F)F)c3)nc2)CC1. The normalized spacial score (nSPS) is 23.7. The molecule has 2 unspecified atom stereocenters. The lowest BCUT2D eigenvalue weighted by atomic mass is 9.93. The number of piperidine rings is 2. The highest BCUT2D eigenvalue weighted by atomic mass is 19.4. The summed E-state index contributed by atoms with van der Waals surface area (Å²) in [6, 6.07) is 8.89. The Kier molecular flexibility index (Phi) is 7.90. The molecule has 6 nitrogen and oxygen atoms in total. The van der Waals surface area contributed by atoms with Gasteiger partial charge in [0.1, 0.15) is 5.67 Å². The van der Waals surface area contributed by atoms with Crippen molar-refractivity contribution in [3.8, 4) is 11.3 Å². The molecule has 3 fully saturated rings. The second-order valence-electron chi connectivity index (χ2n) is 10.8. The van der Waals surface area contributed by atoms with E-state index in [2.05, 4.69) is 15.6 Å². The van der Waals surface area contributed by atoms with Crippen LogP contribution in [0.4, 0.5) is 22.4 Å². The highest BCUT2D eigenvalue weighted by molar-refractivity contribution is 5.67. The van der Waals surface area contributed by atoms with E-state index >= 15 is 4.39 Å². The molecule has 2 saturated heterocycles. The van der Waals surface area contributed by atoms with Crippen molar-refractivity contribution in [1.29, 1.82) is 0 Å². The van der Waals surface area contributed by atoms with E-state index in [1.807, 2.05) is 6.07 Å². The number of nitrogens with one attached hydrogen (secondary N) is 2. The first-order valence-electron chi connectivity index (χ1n) is 13.4. The molecule has 1 aromatic heterocycles. The van der Waals surface area contributed by atoms with Gasteiger partial charge in [-0.3, -0.25) is 4.98 Å². The van der Waals surface area contributed by atoms with Crippen LogP contribution in [0.25, 0.3) is 11.3 Å². The largest absolute Gasteiger partial charge is 0.449 e. The van der Waals surface area contributed by atoms with E-state index in [0.29, 0.717) is 36.9 Å². The smallest absolute Gasteiger partial charge is 0.416 e. The molecule has 1 aliphatic carbocycles. The summed E-state index contributed by atoms with van der Waals surface area (Å²) < 4.78 is 59.9. The third-order valence-electron chi connectivity index (χ3n) is 7.99. The van der Waals surface area contributed by atoms with Crippen molar-refractivity contribution in [2.24, 2.45) is 5.92 Å². The van der Waals surface area contributed by atoms with Gasteiger partial charge in [-0.2, -0.15) is 13.2 Å². The minimum atomic E-state index is -4.40. The molecule has 0 radical (unpaired) electrons. The van der Waals surface area contributed by atoms with Crippen LogP contribution >= 0.6 is 0 Å². The van der Waals surface area contributed by atoms with E-state index in [9.17, 15) is 18.0 Å². The number of carbonyl (C=O) groups excluding carboxylic acids is 1. The van der Waals surface area contributed by atoms with Gasteiger partial charge in [0.05, 0.1) is 17.9 Å². The molecule has 2 aliphatic heterocycles. The Bertz CT molecular complexity index is 1100. The number of alkyl halides is 4. The minimum absolute atomic E-state index is 0.136. The zero-order valence-corrected chi connectivity index (χ0v) is 21.3. The number of ether oxygens (including phenoxy) is 1. The highest BCUT2D eigenvalue weighted by Crippen LogP contribution is 2.41. The number of pyridine rings is 1. The van der Waals surface area contributed by atoms with E-state index in [0.717, 1.165) is 50.0 Å². The summed E-state index contributed by atoms with van der Waals surface area (Å²) in [4.78, 5) is 18.4. The summed E-state index contributed by atoms with van der Waals surface area (Å²) >= 11 is 0. The standard InChI is InChI=1S/C28H34F4N4O2/c29-27(8-12-36(13-9-27)26(37)38-17-19-6-10-33-11-7-19)18-35-25-15-23(25)21-4-5-24(34-16-21)20-2-1-3-22(14-20)28(30,31)32/h1-5,14,16,19,23,25,33,35H,6-13,15,17-18H2. The maximum absolute atomic E-state index is 15.4. The second kappa shape index (κ2) is 11.2. The molecule has 0 spiro atoms. The predicted molar refractivity (Wildman–Crippen MR) is 135 cm³/mol. The molecule has 38 heavy (non-hydrogen) atoms. The average Bonchev–Trinajstić information content (AvgIpc) is 3.71. The first-order chi connectivity index (χ1) is 18.2. The molecule has 3 aliphatic rings. The Balaban J connectivity index is 1.06. The molecular formula is C28H34F4N4O2. The molecular weight excluding hydrogens is 500 g/mol. The fourth-order valence-corrected chi connectivity index (χ4v) is 5.35. The van der Waals surface area contributed by atoms with E-state index in [-0.39, 0.29) is 37.4 Å². The number of rotatable bonds is 7. The monoisotopic (exact) mass is 534 g/mol. The molecule has 0 bridgehead atoms. The summed E-state index contributed by atoms with van der Waals surface area (Å²) in [5, 5.41) is 6.62. The lowest BCUT2D eigenvalue weighted by Crippen LogP contribution is -2.49. The molecule has 1 saturated carbocycles. The third-order valence-corrected chi connectivity index (χ3v) is 7.99. The van der Waals surface area contributed by atoms with Crippen molar-refractivity contribution in [2.75, 3.05) is 39.3 Å². The molecule has 2 N–H and O–H groups in total. The fraction of sp³-hybridized carbons (Fsp3) is 0.571. The van der Waals surface area contributed by atoms with Gasteiger partial charge in [-0.15, -0.1) is 0 Å². The molecule has 2 aromatic rings. The number of hydrogen-bond acceptors (Lipinski definition) is 5. The number of carbonyl (C=O) groups is 1. The molecule has 206 valence electrons. The summed E-state index contributed by atoms with van der Waals surface area (Å²) in [6.07, 6.45) is 0.359. The number of nitrogens with zero attached hydrogens (tertiary/aromatic N) is 2. The Morgan fingerprint density at radius 1 is 1.16 bits per heavy atom. The van der Waals surface area contributed by atoms with E-state index in [4.69, 9.17) is 4.74 Å². The van der Waals surface area contributed by atoms with Gasteiger partial charge in [0.25, 0.3) is 0 Å². The Morgan fingerprint density at radius 2 is 1.92 bits per heavy atom. The molecule has 1 aromatic carbocycles. The number of amides is 1. The van der Waals surface area contributed by atoms with Crippen LogP contribution in [0.5, 0.6) is 0 Å². The van der Waals surface area contributed by atoms with Gasteiger partial charge >= 0.3 is 12.3 Å². The van der Waals surface area contributed by atoms with Crippen LogP contribution in [0.15, 0.2) is 42.6 Å². The van der Waals surface area contributed by atoms with Crippen molar-refractivity contribution in [2.45, 2.75) is 55.9 Å². The van der Waals surface area contributed by atoms with E-state index in [1.165, 1.54) is 6.07 Å². The number of benzene rings is 1. The van der Waals surface area contributed by atoms with E-state index < -0.39 is 17.4 Å². The Hall–Kier alpha value is -2.72. The van der Waals surface area contributed by atoms with Crippen LogP contribution in [0.2, 0.25) is 0 Å². The number of halogens is 4. The maximum Gasteiger partial charge on any atom is 0.416 e. The lowest BCUT2D eigenvalue weighted by molar-refractivity contribution is -0.137. The van der Waals surface area contributed by atoms with Crippen LogP contribution in [0.1, 0.15) is 49.1 Å². The van der Waals surface area contributed by atoms with Crippen molar-refractivity contribution in [1.82, 2.24) is 20.5 Å². The summed E-state index contributed by atoms with van der Waals surface area (Å²) in [5.74, 6) is 0.597. The van der Waals surface area contributed by atoms with Gasteiger partial charge in [-0.1, -0.05) is 18.2 Å². The number of likely N-dealkylation sites (tertiary alicyclic amines) is 1. The van der Waals surface area contributed by atoms with Gasteiger partial charge in [0, 0.05) is 56.2 Å². The van der Waals surface area contributed by atoms with Crippen molar-refractivity contribution < 1.29 is 27.1 Å². The molecule has 3 heterocycles. The minimum Gasteiger partial charge on any atom is -0.449 e. The van der Waals surface area contributed by atoms with Gasteiger partial charge in [0.15, 0.2) is 0 Å². The maximum atomic E-state index is 15.4. The van der Waals surface area contributed by atoms with Crippen LogP contribution in [0, 0.1) is 5.92 Å². The van der Waals surface area contributed by atoms with E-state index in [1.54, 1.807) is 23.2 Å². The molecule has 2 atom stereocenters. The number of aromatic nitrogens is 1. The summed E-state index contributed by atoms with van der Waals surface area (Å²) in [5.41, 5.74) is -0.193. The van der Waals surface area contributed by atoms with Gasteiger partial charge in [-0.25, -0.2) is 9.18 Å². The fourth-order valence-electron chi connectivity index (χ4n) is 5.35. The summed E-state index contributed by atoms with van der Waals surface area (Å²) in [6.45, 7) is 3.25. The van der Waals surface area contributed by atoms with Crippen molar-refractivity contribution in [3.63, 3.8) is 0 Å². The Labute approximate surface area is 220 Å². The van der Waals surface area contributed by atoms with Crippen LogP contribution in [-0.2, 0) is 10.9 Å². The van der Waals surface area contributed by atoms with Crippen LogP contribution in [-0.4, -0.2) is 67.0 Å². The first kappa shape index (κ1) is 26.9. The van der Waals surface area contributed by atoms with Crippen LogP contribution in [0.3, 0.4) is 0 Å². The second-order valence-corrected chi connectivity index (χ2v) is 10.8. The quantitative estimate of drug-likeness (QED) is 0.481. The third kappa shape index (κ3) is 6.64. The Morgan fingerprint density at radius 3 is 2.61 bits per heavy atom. The van der Waals surface area contributed by atoms with Crippen LogP contribution < -0.4 is 10.6 Å². The van der Waals surface area contributed by atoms with Crippen molar-refractivity contribution in [3.05, 3.63) is 53.7 Å². The zero-order chi connectivity index (χ0) is 26.8. The molecule has 1 amide bonds. The van der Waals surface area contributed by atoms with Crippen molar-refractivity contribution >= 4 is 6.09 Å².